The molecular weight excluding hydrogens is 238 g/mol. The van der Waals surface area contributed by atoms with E-state index in [0.29, 0.717) is 12.6 Å². The summed E-state index contributed by atoms with van der Waals surface area (Å²) in [5.74, 6) is 1.32. The van der Waals surface area contributed by atoms with Crippen LogP contribution in [0, 0.1) is 0 Å². The van der Waals surface area contributed by atoms with E-state index in [0.717, 1.165) is 17.1 Å². The first-order valence-electron chi connectivity index (χ1n) is 5.45. The molecule has 2 nitrogen and oxygen atoms in total. The third-order valence-corrected chi connectivity index (χ3v) is 4.27. The second-order valence-electron chi connectivity index (χ2n) is 3.83. The normalized spacial score (nSPS) is 13.0. The van der Waals surface area contributed by atoms with Crippen LogP contribution in [0.2, 0.25) is 0 Å². The second-order valence-corrected chi connectivity index (χ2v) is 5.69. The number of hydrogen-bond donors (Lipinski definition) is 0. The van der Waals surface area contributed by atoms with Gasteiger partial charge >= 0.3 is 0 Å². The molecule has 0 saturated heterocycles. The molecule has 1 heterocycles. The second kappa shape index (κ2) is 7.09. The third kappa shape index (κ3) is 3.92. The number of carbonyl (C=O) groups excluding carboxylic acids is 1. The van der Waals surface area contributed by atoms with Crippen molar-refractivity contribution in [1.29, 1.82) is 0 Å². The highest BCUT2D eigenvalue weighted by Gasteiger charge is 2.16. The van der Waals surface area contributed by atoms with Gasteiger partial charge in [-0.15, -0.1) is 11.3 Å². The molecule has 0 aliphatic heterocycles. The SMILES string of the molecule is CCC(CSC)N(C)CC(=O)c1cccs1. The van der Waals surface area contributed by atoms with Gasteiger partial charge in [-0.05, 0) is 31.2 Å². The zero-order chi connectivity index (χ0) is 12.0. The van der Waals surface area contributed by atoms with Crippen molar-refractivity contribution in [1.82, 2.24) is 4.90 Å². The highest BCUT2D eigenvalue weighted by molar-refractivity contribution is 7.98. The van der Waals surface area contributed by atoms with Crippen molar-refractivity contribution in [3.8, 4) is 0 Å². The predicted molar refractivity (Wildman–Crippen MR) is 73.7 cm³/mol. The third-order valence-electron chi connectivity index (χ3n) is 2.64. The van der Waals surface area contributed by atoms with E-state index in [9.17, 15) is 4.79 Å². The van der Waals surface area contributed by atoms with Gasteiger partial charge in [0.2, 0.25) is 0 Å². The van der Waals surface area contributed by atoms with Gasteiger partial charge < -0.3 is 0 Å². The van der Waals surface area contributed by atoms with Gasteiger partial charge in [0.05, 0.1) is 11.4 Å². The van der Waals surface area contributed by atoms with E-state index in [1.807, 2.05) is 36.3 Å². The summed E-state index contributed by atoms with van der Waals surface area (Å²) in [5, 5.41) is 1.95. The molecule has 0 bridgehead atoms. The number of rotatable bonds is 7. The van der Waals surface area contributed by atoms with Crippen molar-refractivity contribution in [2.75, 3.05) is 25.6 Å². The molecule has 1 aromatic heterocycles. The van der Waals surface area contributed by atoms with Crippen molar-refractivity contribution in [2.24, 2.45) is 0 Å². The van der Waals surface area contributed by atoms with Gasteiger partial charge in [0.25, 0.3) is 0 Å². The van der Waals surface area contributed by atoms with E-state index < -0.39 is 0 Å². The van der Waals surface area contributed by atoms with Gasteiger partial charge in [-0.1, -0.05) is 13.0 Å². The molecule has 90 valence electrons. The number of thioether (sulfide) groups is 1. The standard InChI is InChI=1S/C12H19NOS2/c1-4-10(9-15-3)13(2)8-11(14)12-6-5-7-16-12/h5-7,10H,4,8-9H2,1-3H3. The molecular formula is C12H19NOS2. The number of nitrogens with zero attached hydrogens (tertiary/aromatic N) is 1. The van der Waals surface area contributed by atoms with Gasteiger partial charge in [0.1, 0.15) is 0 Å². The maximum absolute atomic E-state index is 11.9. The zero-order valence-electron chi connectivity index (χ0n) is 10.1. The number of carbonyl (C=O) groups is 1. The summed E-state index contributed by atoms with van der Waals surface area (Å²) in [6.07, 6.45) is 3.20. The monoisotopic (exact) mass is 257 g/mol. The van der Waals surface area contributed by atoms with Crippen molar-refractivity contribution in [3.63, 3.8) is 0 Å². The first-order chi connectivity index (χ1) is 7.69. The van der Waals surface area contributed by atoms with Gasteiger partial charge in [-0.25, -0.2) is 0 Å². The Morgan fingerprint density at radius 3 is 2.88 bits per heavy atom. The van der Waals surface area contributed by atoms with Crippen molar-refractivity contribution >= 4 is 28.9 Å². The van der Waals surface area contributed by atoms with Crippen LogP contribution in [-0.2, 0) is 0 Å². The van der Waals surface area contributed by atoms with Crippen LogP contribution in [0.15, 0.2) is 17.5 Å². The molecule has 0 amide bonds. The Balaban J connectivity index is 2.49. The summed E-state index contributed by atoms with van der Waals surface area (Å²) < 4.78 is 0. The Hall–Kier alpha value is -0.320. The summed E-state index contributed by atoms with van der Waals surface area (Å²) in [6, 6.07) is 4.33. The highest BCUT2D eigenvalue weighted by Crippen LogP contribution is 2.13. The molecule has 0 saturated carbocycles. The van der Waals surface area contributed by atoms with Crippen LogP contribution in [0.3, 0.4) is 0 Å². The van der Waals surface area contributed by atoms with Gasteiger partial charge in [-0.2, -0.15) is 11.8 Å². The maximum Gasteiger partial charge on any atom is 0.186 e. The van der Waals surface area contributed by atoms with Crippen LogP contribution in [0.4, 0.5) is 0 Å². The van der Waals surface area contributed by atoms with Crippen LogP contribution in [-0.4, -0.2) is 42.3 Å². The molecule has 0 spiro atoms. The van der Waals surface area contributed by atoms with Crippen LogP contribution < -0.4 is 0 Å². The molecule has 0 radical (unpaired) electrons. The molecule has 1 rings (SSSR count). The van der Waals surface area contributed by atoms with Crippen molar-refractivity contribution < 1.29 is 4.79 Å². The van der Waals surface area contributed by atoms with Gasteiger partial charge in [0, 0.05) is 11.8 Å². The molecule has 4 heteroatoms. The smallest absolute Gasteiger partial charge is 0.186 e. The topological polar surface area (TPSA) is 20.3 Å². The number of hydrogen-bond acceptors (Lipinski definition) is 4. The number of Topliss-reactive ketones (excluding diaryl/α,β-unsaturated/α-hetero) is 1. The first-order valence-corrected chi connectivity index (χ1v) is 7.72. The lowest BCUT2D eigenvalue weighted by molar-refractivity contribution is 0.0929. The summed E-state index contributed by atoms with van der Waals surface area (Å²) in [4.78, 5) is 14.9. The number of likely N-dealkylation sites (N-methyl/N-ethyl adjacent to an activating group) is 1. The molecule has 16 heavy (non-hydrogen) atoms. The Labute approximate surface area is 106 Å². The van der Waals surface area contributed by atoms with E-state index in [2.05, 4.69) is 18.1 Å². The Kier molecular flexibility index (Phi) is 6.09. The van der Waals surface area contributed by atoms with Crippen LogP contribution >= 0.6 is 23.1 Å². The predicted octanol–water partition coefficient (Wildman–Crippen LogP) is 3.00. The van der Waals surface area contributed by atoms with E-state index in [1.54, 1.807) is 0 Å². The maximum atomic E-state index is 11.9. The van der Waals surface area contributed by atoms with Crippen LogP contribution in [0.25, 0.3) is 0 Å². The van der Waals surface area contributed by atoms with Crippen LogP contribution in [0.1, 0.15) is 23.0 Å². The van der Waals surface area contributed by atoms with E-state index >= 15 is 0 Å². The minimum Gasteiger partial charge on any atom is -0.295 e. The van der Waals surface area contributed by atoms with E-state index in [1.165, 1.54) is 11.3 Å². The van der Waals surface area contributed by atoms with E-state index in [-0.39, 0.29) is 5.78 Å². The summed E-state index contributed by atoms with van der Waals surface area (Å²) in [7, 11) is 2.04. The zero-order valence-corrected chi connectivity index (χ0v) is 11.7. The summed E-state index contributed by atoms with van der Waals surface area (Å²) in [5.41, 5.74) is 0. The first kappa shape index (κ1) is 13.7. The van der Waals surface area contributed by atoms with Crippen molar-refractivity contribution in [3.05, 3.63) is 22.4 Å². The fourth-order valence-corrected chi connectivity index (χ4v) is 3.15. The summed E-state index contributed by atoms with van der Waals surface area (Å²) >= 11 is 3.36. The molecule has 0 aliphatic rings. The molecule has 1 unspecified atom stereocenters. The molecule has 1 atom stereocenters. The molecule has 1 aromatic rings. The lowest BCUT2D eigenvalue weighted by Crippen LogP contribution is -2.37. The molecule has 0 fully saturated rings. The van der Waals surface area contributed by atoms with Gasteiger partial charge in [-0.3, -0.25) is 9.69 Å². The summed E-state index contributed by atoms with van der Waals surface area (Å²) in [6.45, 7) is 2.70. The van der Waals surface area contributed by atoms with Crippen molar-refractivity contribution in [2.45, 2.75) is 19.4 Å². The van der Waals surface area contributed by atoms with Gasteiger partial charge in [0.15, 0.2) is 5.78 Å². The highest BCUT2D eigenvalue weighted by atomic mass is 32.2. The fourth-order valence-electron chi connectivity index (χ4n) is 1.62. The Bertz CT molecular complexity index is 311. The van der Waals surface area contributed by atoms with E-state index in [4.69, 9.17) is 0 Å². The minimum atomic E-state index is 0.233. The average molecular weight is 257 g/mol. The Morgan fingerprint density at radius 1 is 1.62 bits per heavy atom. The minimum absolute atomic E-state index is 0.233. The van der Waals surface area contributed by atoms with Crippen LogP contribution in [0.5, 0.6) is 0 Å². The Morgan fingerprint density at radius 2 is 2.38 bits per heavy atom. The lowest BCUT2D eigenvalue weighted by atomic mass is 10.2. The number of thiophene rings is 1. The molecule has 0 N–H and O–H groups in total. The fraction of sp³-hybridized carbons (Fsp3) is 0.583. The molecule has 0 aliphatic carbocycles. The quantitative estimate of drug-likeness (QED) is 0.700. The molecule has 0 aromatic carbocycles. The largest absolute Gasteiger partial charge is 0.295 e. The average Bonchev–Trinajstić information content (AvgIpc) is 2.78. The number of ketones is 1. The lowest BCUT2D eigenvalue weighted by Gasteiger charge is -2.25.